The van der Waals surface area contributed by atoms with Crippen LogP contribution in [0.4, 0.5) is 0 Å². The van der Waals surface area contributed by atoms with Gasteiger partial charge < -0.3 is 10.2 Å². The van der Waals surface area contributed by atoms with Crippen molar-refractivity contribution >= 4 is 32.8 Å². The van der Waals surface area contributed by atoms with Gasteiger partial charge in [-0.05, 0) is 34.1 Å². The molecule has 2 rings (SSSR count). The highest BCUT2D eigenvalue weighted by Gasteiger charge is 2.11. The maximum atomic E-state index is 10.5. The van der Waals surface area contributed by atoms with Gasteiger partial charge in [0.05, 0.1) is 5.52 Å². The maximum absolute atomic E-state index is 10.5. The highest BCUT2D eigenvalue weighted by atomic mass is 79.9. The van der Waals surface area contributed by atoms with Crippen LogP contribution < -0.4 is 0 Å². The van der Waals surface area contributed by atoms with E-state index in [-0.39, 0.29) is 12.3 Å². The van der Waals surface area contributed by atoms with Crippen LogP contribution in [0.5, 0.6) is 5.75 Å². The number of aromatic hydroxyl groups is 1. The summed E-state index contributed by atoms with van der Waals surface area (Å²) in [5, 5.41) is 22.7. The van der Waals surface area contributed by atoms with Crippen LogP contribution in [-0.2, 0) is 11.3 Å². The number of carboxylic acid groups (broad SMARTS) is 1. The molecular weight excluding hydrogens is 264 g/mol. The third-order valence-electron chi connectivity index (χ3n) is 1.94. The fourth-order valence-electron chi connectivity index (χ4n) is 1.32. The zero-order valence-corrected chi connectivity index (χ0v) is 9.10. The Bertz CT molecular complexity index is 535. The van der Waals surface area contributed by atoms with Crippen LogP contribution in [-0.4, -0.2) is 26.0 Å². The molecule has 15 heavy (non-hydrogen) atoms. The van der Waals surface area contributed by atoms with Crippen molar-refractivity contribution in [3.05, 3.63) is 22.8 Å². The first-order chi connectivity index (χ1) is 7.08. The van der Waals surface area contributed by atoms with Crippen LogP contribution in [0.25, 0.3) is 10.9 Å². The molecular formula is C9H7BrN2O3. The van der Waals surface area contributed by atoms with Crippen LogP contribution in [0.3, 0.4) is 0 Å². The predicted molar refractivity (Wildman–Crippen MR) is 56.7 cm³/mol. The summed E-state index contributed by atoms with van der Waals surface area (Å²) in [7, 11) is 0. The molecule has 6 heteroatoms. The molecule has 0 aliphatic rings. The standard InChI is InChI=1S/C9H7BrN2O3/c10-9-6-3-5(13)1-2-7(6)11-12(9)4-8(14)15/h1-3,13H,4H2,(H,14,15). The van der Waals surface area contributed by atoms with E-state index in [1.807, 2.05) is 0 Å². The van der Waals surface area contributed by atoms with Crippen LogP contribution in [0.1, 0.15) is 0 Å². The van der Waals surface area contributed by atoms with Crippen molar-refractivity contribution in [2.45, 2.75) is 6.54 Å². The molecule has 0 aliphatic carbocycles. The van der Waals surface area contributed by atoms with Gasteiger partial charge in [-0.1, -0.05) is 0 Å². The van der Waals surface area contributed by atoms with E-state index in [9.17, 15) is 9.90 Å². The average molecular weight is 271 g/mol. The summed E-state index contributed by atoms with van der Waals surface area (Å²) in [4.78, 5) is 10.5. The number of benzene rings is 1. The molecule has 1 heterocycles. The lowest BCUT2D eigenvalue weighted by Crippen LogP contribution is -2.09. The van der Waals surface area contributed by atoms with Crippen molar-refractivity contribution in [1.82, 2.24) is 9.78 Å². The van der Waals surface area contributed by atoms with Gasteiger partial charge in [0.1, 0.15) is 16.9 Å². The molecule has 78 valence electrons. The topological polar surface area (TPSA) is 75.3 Å². The number of rotatable bonds is 2. The first-order valence-corrected chi connectivity index (χ1v) is 4.94. The minimum Gasteiger partial charge on any atom is -0.508 e. The van der Waals surface area contributed by atoms with E-state index < -0.39 is 5.97 Å². The summed E-state index contributed by atoms with van der Waals surface area (Å²) < 4.78 is 1.88. The minimum absolute atomic E-state index is 0.123. The third-order valence-corrected chi connectivity index (χ3v) is 2.78. The van der Waals surface area contributed by atoms with Crippen molar-refractivity contribution in [2.24, 2.45) is 0 Å². The lowest BCUT2D eigenvalue weighted by Gasteiger charge is -1.96. The van der Waals surface area contributed by atoms with Crippen molar-refractivity contribution in [3.63, 3.8) is 0 Å². The molecule has 0 fully saturated rings. The molecule has 1 aromatic carbocycles. The first-order valence-electron chi connectivity index (χ1n) is 4.15. The number of halogens is 1. The normalized spacial score (nSPS) is 10.7. The number of carboxylic acids is 1. The van der Waals surface area contributed by atoms with Gasteiger partial charge in [-0.25, -0.2) is 4.68 Å². The van der Waals surface area contributed by atoms with Crippen molar-refractivity contribution in [1.29, 1.82) is 0 Å². The molecule has 0 radical (unpaired) electrons. The Labute approximate surface area is 93.1 Å². The number of aromatic nitrogens is 2. The van der Waals surface area contributed by atoms with Crippen LogP contribution in [0, 0.1) is 0 Å². The van der Waals surface area contributed by atoms with Crippen molar-refractivity contribution in [3.8, 4) is 5.75 Å². The Hall–Kier alpha value is -1.56. The number of phenolic OH excluding ortho intramolecular Hbond substituents is 1. The van der Waals surface area contributed by atoms with Gasteiger partial charge in [-0.15, -0.1) is 0 Å². The predicted octanol–water partition coefficient (Wildman–Crippen LogP) is 1.59. The molecule has 0 bridgehead atoms. The Kier molecular flexibility index (Phi) is 2.36. The summed E-state index contributed by atoms with van der Waals surface area (Å²) in [6.07, 6.45) is 0. The SMILES string of the molecule is O=C(O)Cn1nc2ccc(O)cc2c1Br. The monoisotopic (exact) mass is 270 g/mol. The van der Waals surface area contributed by atoms with Gasteiger partial charge >= 0.3 is 5.97 Å². The van der Waals surface area contributed by atoms with Crippen LogP contribution >= 0.6 is 15.9 Å². The quantitative estimate of drug-likeness (QED) is 0.869. The Balaban J connectivity index is 2.59. The zero-order valence-electron chi connectivity index (χ0n) is 7.51. The fourth-order valence-corrected chi connectivity index (χ4v) is 1.84. The third kappa shape index (κ3) is 1.80. The number of aliphatic carboxylic acids is 1. The molecule has 0 spiro atoms. The number of hydrogen-bond acceptors (Lipinski definition) is 3. The highest BCUT2D eigenvalue weighted by molar-refractivity contribution is 9.10. The Morgan fingerprint density at radius 1 is 1.53 bits per heavy atom. The van der Waals surface area contributed by atoms with E-state index >= 15 is 0 Å². The smallest absolute Gasteiger partial charge is 0.325 e. The van der Waals surface area contributed by atoms with E-state index in [4.69, 9.17) is 5.11 Å². The van der Waals surface area contributed by atoms with Crippen molar-refractivity contribution < 1.29 is 15.0 Å². The summed E-state index contributed by atoms with van der Waals surface area (Å²) in [5.74, 6) is -0.842. The van der Waals surface area contributed by atoms with E-state index in [1.54, 1.807) is 6.07 Å². The summed E-state index contributed by atoms with van der Waals surface area (Å²) in [6, 6.07) is 4.67. The molecule has 0 saturated heterocycles. The number of fused-ring (bicyclic) bond motifs is 1. The second kappa shape index (κ2) is 3.54. The van der Waals surface area contributed by atoms with E-state index in [0.717, 1.165) is 0 Å². The zero-order chi connectivity index (χ0) is 11.0. The minimum atomic E-state index is -0.965. The molecule has 0 atom stereocenters. The molecule has 0 aliphatic heterocycles. The van der Waals surface area contributed by atoms with Crippen LogP contribution in [0.2, 0.25) is 0 Å². The maximum Gasteiger partial charge on any atom is 0.325 e. The largest absolute Gasteiger partial charge is 0.508 e. The Morgan fingerprint density at radius 3 is 2.93 bits per heavy atom. The number of hydrogen-bond donors (Lipinski definition) is 2. The second-order valence-corrected chi connectivity index (χ2v) is 3.79. The highest BCUT2D eigenvalue weighted by Crippen LogP contribution is 2.26. The molecule has 2 N–H and O–H groups in total. The van der Waals surface area contributed by atoms with Gasteiger partial charge in [0.15, 0.2) is 0 Å². The molecule has 1 aromatic heterocycles. The number of carbonyl (C=O) groups is 1. The van der Waals surface area contributed by atoms with Crippen LogP contribution in [0.15, 0.2) is 22.8 Å². The van der Waals surface area contributed by atoms with Gasteiger partial charge in [0, 0.05) is 5.39 Å². The van der Waals surface area contributed by atoms with E-state index in [0.29, 0.717) is 15.5 Å². The summed E-state index contributed by atoms with van der Waals surface area (Å²) >= 11 is 3.24. The van der Waals surface area contributed by atoms with E-state index in [2.05, 4.69) is 21.0 Å². The lowest BCUT2D eigenvalue weighted by molar-refractivity contribution is -0.137. The van der Waals surface area contributed by atoms with Gasteiger partial charge in [0.2, 0.25) is 0 Å². The fraction of sp³-hybridized carbons (Fsp3) is 0.111. The summed E-state index contributed by atoms with van der Waals surface area (Å²) in [5.41, 5.74) is 0.640. The second-order valence-electron chi connectivity index (χ2n) is 3.04. The lowest BCUT2D eigenvalue weighted by atomic mass is 10.2. The Morgan fingerprint density at radius 2 is 2.27 bits per heavy atom. The van der Waals surface area contributed by atoms with Gasteiger partial charge in [-0.2, -0.15) is 5.10 Å². The van der Waals surface area contributed by atoms with Gasteiger partial charge in [-0.3, -0.25) is 4.79 Å². The molecule has 0 unspecified atom stereocenters. The number of nitrogens with zero attached hydrogens (tertiary/aromatic N) is 2. The van der Waals surface area contributed by atoms with Crippen molar-refractivity contribution in [2.75, 3.05) is 0 Å². The first kappa shape index (κ1) is 9.97. The molecule has 0 amide bonds. The molecule has 0 saturated carbocycles. The van der Waals surface area contributed by atoms with Gasteiger partial charge in [0.25, 0.3) is 0 Å². The van der Waals surface area contributed by atoms with E-state index in [1.165, 1.54) is 16.8 Å². The number of phenols is 1. The molecule has 2 aromatic rings. The summed E-state index contributed by atoms with van der Waals surface area (Å²) in [6.45, 7) is -0.212. The average Bonchev–Trinajstić information content (AvgIpc) is 2.44. The molecule has 5 nitrogen and oxygen atoms in total.